The van der Waals surface area contributed by atoms with Crippen molar-refractivity contribution >= 4 is 0 Å². The predicted octanol–water partition coefficient (Wildman–Crippen LogP) is 3.55. The Morgan fingerprint density at radius 1 is 0.800 bits per heavy atom. The number of piperidine rings is 2. The van der Waals surface area contributed by atoms with Crippen molar-refractivity contribution in [2.45, 2.75) is 95.3 Å². The molecule has 2 N–H and O–H groups in total. The van der Waals surface area contributed by atoms with Gasteiger partial charge in [-0.2, -0.15) is 0 Å². The molecule has 0 aromatic rings. The van der Waals surface area contributed by atoms with E-state index in [1.165, 1.54) is 57.8 Å². The molecule has 2 saturated carbocycles. The first-order chi connectivity index (χ1) is 9.70. The molecule has 4 fully saturated rings. The first-order valence-corrected chi connectivity index (χ1v) is 9.23. The van der Waals surface area contributed by atoms with Crippen molar-refractivity contribution in [3.8, 4) is 0 Å². The second-order valence-electron chi connectivity index (χ2n) is 8.48. The lowest BCUT2D eigenvalue weighted by atomic mass is 9.67. The summed E-state index contributed by atoms with van der Waals surface area (Å²) in [6.45, 7) is 2.48. The van der Waals surface area contributed by atoms with Gasteiger partial charge in [-0.15, -0.1) is 0 Å². The molecule has 114 valence electrons. The minimum absolute atomic E-state index is 0.479. The Bertz CT molecular complexity index is 343. The maximum absolute atomic E-state index is 6.34. The van der Waals surface area contributed by atoms with Gasteiger partial charge in [0.15, 0.2) is 0 Å². The molecule has 0 aromatic heterocycles. The first kappa shape index (κ1) is 13.6. The number of rotatable bonds is 1. The van der Waals surface area contributed by atoms with Crippen molar-refractivity contribution in [3.05, 3.63) is 0 Å². The van der Waals surface area contributed by atoms with Crippen LogP contribution in [0.15, 0.2) is 0 Å². The molecule has 4 aliphatic rings. The zero-order chi connectivity index (χ0) is 13.7. The van der Waals surface area contributed by atoms with Crippen LogP contribution < -0.4 is 5.73 Å². The third-order valence-corrected chi connectivity index (χ3v) is 7.06. The molecule has 2 heterocycles. The molecule has 2 aliphatic heterocycles. The Morgan fingerprint density at radius 3 is 2.30 bits per heavy atom. The Balaban J connectivity index is 1.54. The fourth-order valence-electron chi connectivity index (χ4n) is 6.22. The van der Waals surface area contributed by atoms with Crippen molar-refractivity contribution in [2.75, 3.05) is 0 Å². The third-order valence-electron chi connectivity index (χ3n) is 7.06. The molecule has 0 amide bonds. The van der Waals surface area contributed by atoms with Gasteiger partial charge in [-0.3, -0.25) is 4.90 Å². The highest BCUT2D eigenvalue weighted by Crippen LogP contribution is 2.46. The highest BCUT2D eigenvalue weighted by Gasteiger charge is 2.46. The van der Waals surface area contributed by atoms with Gasteiger partial charge in [0.2, 0.25) is 0 Å². The number of hydrogen-bond acceptors (Lipinski definition) is 2. The van der Waals surface area contributed by atoms with E-state index in [0.29, 0.717) is 6.04 Å². The lowest BCUT2D eigenvalue weighted by molar-refractivity contribution is -0.0612. The highest BCUT2D eigenvalue weighted by molar-refractivity contribution is 5.01. The smallest absolute Gasteiger partial charge is 0.0141 e. The Labute approximate surface area is 124 Å². The van der Waals surface area contributed by atoms with E-state index in [9.17, 15) is 0 Å². The highest BCUT2D eigenvalue weighted by atomic mass is 15.2. The van der Waals surface area contributed by atoms with Crippen molar-refractivity contribution < 1.29 is 0 Å². The number of nitrogens with zero attached hydrogens (tertiary/aromatic N) is 1. The second kappa shape index (κ2) is 5.28. The van der Waals surface area contributed by atoms with Crippen LogP contribution in [0.2, 0.25) is 0 Å². The summed E-state index contributed by atoms with van der Waals surface area (Å²) >= 11 is 0. The quantitative estimate of drug-likeness (QED) is 0.793. The largest absolute Gasteiger partial charge is 0.328 e. The maximum atomic E-state index is 6.34. The average molecular weight is 276 g/mol. The molecule has 2 aliphatic carbocycles. The standard InChI is InChI=1S/C18H32N2/c1-12-5-6-16-10-15(19)11-18(12)20(16)17-8-13-3-2-4-14(7-13)9-17/h12-18H,2-11,19H2,1H3/t12-,13-,14+,15-,16+,17?,18+/m1/s1. The van der Waals surface area contributed by atoms with Crippen molar-refractivity contribution in [2.24, 2.45) is 23.5 Å². The molecular formula is C18H32N2. The summed E-state index contributed by atoms with van der Waals surface area (Å²) in [5.41, 5.74) is 6.34. The van der Waals surface area contributed by atoms with Crippen LogP contribution in [0.25, 0.3) is 0 Å². The van der Waals surface area contributed by atoms with E-state index < -0.39 is 0 Å². The van der Waals surface area contributed by atoms with Crippen LogP contribution in [0.1, 0.15) is 71.1 Å². The molecule has 4 bridgehead atoms. The zero-order valence-electron chi connectivity index (χ0n) is 13.1. The maximum Gasteiger partial charge on any atom is 0.0141 e. The van der Waals surface area contributed by atoms with Crippen molar-refractivity contribution in [1.82, 2.24) is 4.90 Å². The molecule has 1 unspecified atom stereocenters. The molecule has 0 radical (unpaired) electrons. The second-order valence-corrected chi connectivity index (χ2v) is 8.48. The lowest BCUT2D eigenvalue weighted by Gasteiger charge is -2.56. The summed E-state index contributed by atoms with van der Waals surface area (Å²) in [7, 11) is 0. The Morgan fingerprint density at radius 2 is 1.55 bits per heavy atom. The zero-order valence-corrected chi connectivity index (χ0v) is 13.1. The average Bonchev–Trinajstić information content (AvgIpc) is 2.42. The fourth-order valence-corrected chi connectivity index (χ4v) is 6.22. The van der Waals surface area contributed by atoms with E-state index in [-0.39, 0.29) is 0 Å². The van der Waals surface area contributed by atoms with E-state index in [1.807, 2.05) is 0 Å². The number of hydrogen-bond donors (Lipinski definition) is 1. The fraction of sp³-hybridized carbons (Fsp3) is 1.00. The van der Waals surface area contributed by atoms with Gasteiger partial charge in [0.05, 0.1) is 0 Å². The van der Waals surface area contributed by atoms with Crippen LogP contribution in [0.4, 0.5) is 0 Å². The van der Waals surface area contributed by atoms with Crippen LogP contribution in [-0.4, -0.2) is 29.1 Å². The molecule has 4 rings (SSSR count). The van der Waals surface area contributed by atoms with Gasteiger partial charge in [-0.25, -0.2) is 0 Å². The minimum atomic E-state index is 0.479. The van der Waals surface area contributed by atoms with E-state index in [1.54, 1.807) is 6.42 Å². The van der Waals surface area contributed by atoms with Gasteiger partial charge < -0.3 is 5.73 Å². The SMILES string of the molecule is C[C@@H]1CC[C@H]2C[C@@H](N)C[C@@H]1N2C1C[C@H]2CCC[C@@H](C1)C2. The molecular weight excluding hydrogens is 244 g/mol. The van der Waals surface area contributed by atoms with Gasteiger partial charge in [0.1, 0.15) is 0 Å². The molecule has 2 heteroatoms. The molecule has 2 nitrogen and oxygen atoms in total. The van der Waals surface area contributed by atoms with Crippen LogP contribution in [-0.2, 0) is 0 Å². The van der Waals surface area contributed by atoms with E-state index in [4.69, 9.17) is 5.73 Å². The van der Waals surface area contributed by atoms with Crippen LogP contribution in [0, 0.1) is 17.8 Å². The summed E-state index contributed by atoms with van der Waals surface area (Å²) in [6.07, 6.45) is 14.5. The summed E-state index contributed by atoms with van der Waals surface area (Å²) in [4.78, 5) is 3.00. The van der Waals surface area contributed by atoms with Gasteiger partial charge in [-0.05, 0) is 62.7 Å². The molecule has 7 atom stereocenters. The monoisotopic (exact) mass is 276 g/mol. The van der Waals surface area contributed by atoms with Crippen LogP contribution >= 0.6 is 0 Å². The predicted molar refractivity (Wildman–Crippen MR) is 83.5 cm³/mol. The summed E-state index contributed by atoms with van der Waals surface area (Å²) in [5, 5.41) is 0. The van der Waals surface area contributed by atoms with E-state index >= 15 is 0 Å². The van der Waals surface area contributed by atoms with Gasteiger partial charge >= 0.3 is 0 Å². The summed E-state index contributed by atoms with van der Waals surface area (Å²) in [6, 6.07) is 3.02. The molecule has 0 spiro atoms. The van der Waals surface area contributed by atoms with E-state index in [2.05, 4.69) is 11.8 Å². The van der Waals surface area contributed by atoms with Crippen molar-refractivity contribution in [3.63, 3.8) is 0 Å². The first-order valence-electron chi connectivity index (χ1n) is 9.23. The minimum Gasteiger partial charge on any atom is -0.328 e. The topological polar surface area (TPSA) is 29.3 Å². The van der Waals surface area contributed by atoms with Crippen LogP contribution in [0.5, 0.6) is 0 Å². The molecule has 2 saturated heterocycles. The Kier molecular flexibility index (Phi) is 3.58. The van der Waals surface area contributed by atoms with E-state index in [0.717, 1.165) is 35.9 Å². The summed E-state index contributed by atoms with van der Waals surface area (Å²) < 4.78 is 0. The normalized spacial score (nSPS) is 52.8. The molecule has 20 heavy (non-hydrogen) atoms. The lowest BCUT2D eigenvalue weighted by Crippen LogP contribution is -2.62. The summed E-state index contributed by atoms with van der Waals surface area (Å²) in [5.74, 6) is 2.98. The van der Waals surface area contributed by atoms with Gasteiger partial charge in [0, 0.05) is 24.2 Å². The van der Waals surface area contributed by atoms with Crippen molar-refractivity contribution in [1.29, 1.82) is 0 Å². The Hall–Kier alpha value is -0.0800. The van der Waals surface area contributed by atoms with Gasteiger partial charge in [-0.1, -0.05) is 26.2 Å². The third kappa shape index (κ3) is 2.33. The van der Waals surface area contributed by atoms with Crippen LogP contribution in [0.3, 0.4) is 0 Å². The molecule has 0 aromatic carbocycles. The van der Waals surface area contributed by atoms with Gasteiger partial charge in [0.25, 0.3) is 0 Å². The number of nitrogens with two attached hydrogens (primary N) is 1. The number of fused-ring (bicyclic) bond motifs is 4.